The Morgan fingerprint density at radius 2 is 1.18 bits per heavy atom. The van der Waals surface area contributed by atoms with E-state index in [0.717, 1.165) is 10.8 Å². The van der Waals surface area contributed by atoms with E-state index in [0.29, 0.717) is 0 Å². The minimum atomic E-state index is -0.943. The highest BCUT2D eigenvalue weighted by atomic mass is 16.5. The first-order valence-corrected chi connectivity index (χ1v) is 11.4. The van der Waals surface area contributed by atoms with Crippen molar-refractivity contribution >= 4 is 45.3 Å². The molecule has 1 N–H and O–H groups in total. The number of hydrogen-bond donors (Lipinski definition) is 1. The molecular weight excluding hydrogens is 403 g/mol. The molecule has 0 aliphatic carbocycles. The number of fused-ring (bicyclic) bond motifs is 4. The van der Waals surface area contributed by atoms with Crippen LogP contribution in [0.15, 0.2) is 91.0 Å². The summed E-state index contributed by atoms with van der Waals surface area (Å²) < 4.78 is 5.92. The molecule has 5 aromatic carbocycles. The van der Waals surface area contributed by atoms with Crippen molar-refractivity contribution in [3.8, 4) is 11.1 Å². The largest absolute Gasteiger partial charge is 0.427 e. The van der Waals surface area contributed by atoms with Gasteiger partial charge in [-0.3, -0.25) is 0 Å². The molecule has 0 amide bonds. The summed E-state index contributed by atoms with van der Waals surface area (Å²) >= 11 is 0. The molecule has 0 saturated heterocycles. The predicted molar refractivity (Wildman–Crippen MR) is 141 cm³/mol. The van der Waals surface area contributed by atoms with Gasteiger partial charge in [-0.1, -0.05) is 84.3 Å². The average molecular weight is 431 g/mol. The molecule has 5 rings (SSSR count). The first kappa shape index (κ1) is 21.7. The van der Waals surface area contributed by atoms with Crippen LogP contribution in [0.5, 0.6) is 0 Å². The minimum absolute atomic E-state index is 0.687. The van der Waals surface area contributed by atoms with E-state index < -0.39 is 11.2 Å². The average Bonchev–Trinajstić information content (AvgIpc) is 2.81. The zero-order chi connectivity index (χ0) is 23.2. The van der Waals surface area contributed by atoms with Gasteiger partial charge in [0.2, 0.25) is 0 Å². The summed E-state index contributed by atoms with van der Waals surface area (Å²) in [6.07, 6.45) is 0. The molecule has 33 heavy (non-hydrogen) atoms. The second-order valence-corrected chi connectivity index (χ2v) is 9.85. The van der Waals surface area contributed by atoms with E-state index in [4.69, 9.17) is 4.65 Å². The van der Waals surface area contributed by atoms with Gasteiger partial charge in [0.1, 0.15) is 0 Å². The third-order valence-corrected chi connectivity index (χ3v) is 6.91. The molecule has 0 spiro atoms. The van der Waals surface area contributed by atoms with Crippen LogP contribution in [-0.4, -0.2) is 23.8 Å². The number of aliphatic hydroxyl groups is 1. The van der Waals surface area contributed by atoms with Gasteiger partial charge < -0.3 is 9.76 Å². The summed E-state index contributed by atoms with van der Waals surface area (Å²) in [7, 11) is 1.74. The fourth-order valence-corrected chi connectivity index (χ4v) is 4.07. The molecule has 0 atom stereocenters. The standard InChI is InChI=1S/C30H28BO2/c1-29(2,32)30(3,4)33-31-26-15-13-22-17-21(10-11-24(22)19-26)23-14-16-28-25(18-23)12-9-20-7-5-6-8-27(20)28/h5-19,32H,1-4H3. The molecule has 0 fully saturated rings. The van der Waals surface area contributed by atoms with Crippen LogP contribution in [0.2, 0.25) is 0 Å². The highest BCUT2D eigenvalue weighted by molar-refractivity contribution is 6.47. The number of benzene rings is 5. The topological polar surface area (TPSA) is 29.5 Å². The fourth-order valence-electron chi connectivity index (χ4n) is 4.07. The van der Waals surface area contributed by atoms with Crippen LogP contribution in [0, 0.1) is 0 Å². The van der Waals surface area contributed by atoms with Crippen molar-refractivity contribution in [1.82, 2.24) is 0 Å². The maximum Gasteiger partial charge on any atom is 0.330 e. The van der Waals surface area contributed by atoms with Gasteiger partial charge in [-0.05, 0) is 83.3 Å². The second kappa shape index (κ2) is 8.02. The molecule has 5 aromatic rings. The Balaban J connectivity index is 1.44. The van der Waals surface area contributed by atoms with Crippen molar-refractivity contribution in [3.05, 3.63) is 91.0 Å². The van der Waals surface area contributed by atoms with Crippen molar-refractivity contribution in [2.75, 3.05) is 0 Å². The Bertz CT molecular complexity index is 1480. The van der Waals surface area contributed by atoms with Gasteiger partial charge in [-0.2, -0.15) is 0 Å². The Morgan fingerprint density at radius 3 is 1.97 bits per heavy atom. The van der Waals surface area contributed by atoms with Crippen molar-refractivity contribution in [3.63, 3.8) is 0 Å². The summed E-state index contributed by atoms with van der Waals surface area (Å²) in [6.45, 7) is 7.31. The van der Waals surface area contributed by atoms with Crippen molar-refractivity contribution in [2.45, 2.75) is 38.9 Å². The maximum atomic E-state index is 10.3. The lowest BCUT2D eigenvalue weighted by atomic mass is 9.82. The zero-order valence-corrected chi connectivity index (χ0v) is 19.6. The van der Waals surface area contributed by atoms with Crippen molar-refractivity contribution < 1.29 is 9.76 Å². The Hall–Kier alpha value is -3.14. The van der Waals surface area contributed by atoms with Crippen molar-refractivity contribution in [2.24, 2.45) is 0 Å². The SMILES string of the molecule is CC(C)(O)C(C)(C)O[B]c1ccc2cc(-c3ccc4c(ccc5ccccc54)c3)ccc2c1. The van der Waals surface area contributed by atoms with Gasteiger partial charge >= 0.3 is 7.48 Å². The second-order valence-electron chi connectivity index (χ2n) is 9.85. The monoisotopic (exact) mass is 431 g/mol. The lowest BCUT2D eigenvalue weighted by molar-refractivity contribution is -0.0893. The number of rotatable bonds is 5. The van der Waals surface area contributed by atoms with Crippen LogP contribution in [0.25, 0.3) is 43.4 Å². The van der Waals surface area contributed by atoms with E-state index >= 15 is 0 Å². The normalized spacial score (nSPS) is 12.5. The van der Waals surface area contributed by atoms with Crippen LogP contribution in [-0.2, 0) is 4.65 Å². The third kappa shape index (κ3) is 4.15. The smallest absolute Gasteiger partial charge is 0.330 e. The molecule has 0 aliphatic rings. The van der Waals surface area contributed by atoms with E-state index in [1.165, 1.54) is 38.1 Å². The van der Waals surface area contributed by atoms with Crippen LogP contribution in [0.4, 0.5) is 0 Å². The number of hydrogen-bond acceptors (Lipinski definition) is 2. The zero-order valence-electron chi connectivity index (χ0n) is 19.6. The summed E-state index contributed by atoms with van der Waals surface area (Å²) in [4.78, 5) is 0. The highest BCUT2D eigenvalue weighted by Crippen LogP contribution is 2.31. The molecule has 3 heteroatoms. The van der Waals surface area contributed by atoms with Gasteiger partial charge in [0.15, 0.2) is 0 Å². The van der Waals surface area contributed by atoms with Gasteiger partial charge in [0.25, 0.3) is 0 Å². The van der Waals surface area contributed by atoms with Gasteiger partial charge in [-0.15, -0.1) is 0 Å². The molecule has 163 valence electrons. The molecule has 0 heterocycles. The summed E-state index contributed by atoms with van der Waals surface area (Å²) in [5.74, 6) is 0. The Morgan fingerprint density at radius 1 is 0.606 bits per heavy atom. The molecule has 0 bridgehead atoms. The minimum Gasteiger partial charge on any atom is -0.427 e. The van der Waals surface area contributed by atoms with Crippen LogP contribution in [0.1, 0.15) is 27.7 Å². The lowest BCUT2D eigenvalue weighted by Gasteiger charge is -2.37. The van der Waals surface area contributed by atoms with Crippen molar-refractivity contribution in [1.29, 1.82) is 0 Å². The molecule has 0 unspecified atom stereocenters. The third-order valence-electron chi connectivity index (χ3n) is 6.91. The Kier molecular flexibility index (Phi) is 5.27. The van der Waals surface area contributed by atoms with Gasteiger partial charge in [-0.25, -0.2) is 0 Å². The van der Waals surface area contributed by atoms with E-state index in [2.05, 4.69) is 91.0 Å². The molecule has 0 saturated carbocycles. The van der Waals surface area contributed by atoms with E-state index in [-0.39, 0.29) is 0 Å². The first-order valence-electron chi connectivity index (χ1n) is 11.4. The molecule has 2 nitrogen and oxygen atoms in total. The summed E-state index contributed by atoms with van der Waals surface area (Å²) in [5.41, 5.74) is 1.76. The Labute approximate surface area is 196 Å². The molecule has 1 radical (unpaired) electrons. The maximum absolute atomic E-state index is 10.3. The van der Waals surface area contributed by atoms with E-state index in [9.17, 15) is 5.11 Å². The quantitative estimate of drug-likeness (QED) is 0.250. The van der Waals surface area contributed by atoms with Gasteiger partial charge in [0, 0.05) is 0 Å². The van der Waals surface area contributed by atoms with Crippen LogP contribution < -0.4 is 5.46 Å². The summed E-state index contributed by atoms with van der Waals surface area (Å²) in [5, 5.41) is 17.7. The van der Waals surface area contributed by atoms with Crippen LogP contribution >= 0.6 is 0 Å². The summed E-state index contributed by atoms with van der Waals surface area (Å²) in [6, 6.07) is 32.5. The first-order chi connectivity index (χ1) is 15.7. The van der Waals surface area contributed by atoms with Crippen LogP contribution in [0.3, 0.4) is 0 Å². The van der Waals surface area contributed by atoms with E-state index in [1.54, 1.807) is 21.3 Å². The highest BCUT2D eigenvalue weighted by Gasteiger charge is 2.35. The fraction of sp³-hybridized carbons (Fsp3) is 0.200. The van der Waals surface area contributed by atoms with E-state index in [1.807, 2.05) is 13.8 Å². The predicted octanol–water partition coefficient (Wildman–Crippen LogP) is 6.62. The lowest BCUT2D eigenvalue weighted by Crippen LogP contribution is -2.49. The molecule has 0 aliphatic heterocycles. The molecule has 0 aromatic heterocycles. The van der Waals surface area contributed by atoms with Gasteiger partial charge in [0.05, 0.1) is 11.2 Å². The molecular formula is C30H28BO2.